The number of hydrogen-bond acceptors (Lipinski definition) is 4. The van der Waals surface area contributed by atoms with E-state index in [0.717, 1.165) is 12.8 Å². The van der Waals surface area contributed by atoms with Crippen LogP contribution in [0, 0.1) is 0 Å². The molecule has 10 heavy (non-hydrogen) atoms. The van der Waals surface area contributed by atoms with Crippen LogP contribution in [0.25, 0.3) is 0 Å². The zero-order valence-corrected chi connectivity index (χ0v) is 5.86. The van der Waals surface area contributed by atoms with Gasteiger partial charge in [-0.2, -0.15) is 0 Å². The van der Waals surface area contributed by atoms with Crippen LogP contribution in [0.3, 0.4) is 0 Å². The van der Waals surface area contributed by atoms with Gasteiger partial charge in [0.2, 0.25) is 0 Å². The summed E-state index contributed by atoms with van der Waals surface area (Å²) in [5, 5.41) is 8.76. The number of ether oxygens (including phenoxy) is 1. The van der Waals surface area contributed by atoms with Gasteiger partial charge < -0.3 is 21.3 Å². The quantitative estimate of drug-likeness (QED) is 0.433. The average Bonchev–Trinajstić information content (AvgIpc) is 2.62. The largest absolute Gasteiger partial charge is 0.366 e. The summed E-state index contributed by atoms with van der Waals surface area (Å²) in [6.07, 6.45) is 0.978. The van der Waals surface area contributed by atoms with Gasteiger partial charge >= 0.3 is 0 Å². The Bertz CT molecular complexity index is 110. The minimum absolute atomic E-state index is 0.0430. The van der Waals surface area contributed by atoms with Crippen LogP contribution in [0.2, 0.25) is 0 Å². The van der Waals surface area contributed by atoms with Crippen LogP contribution in [0.1, 0.15) is 12.8 Å². The highest BCUT2D eigenvalue weighted by Crippen LogP contribution is 2.23. The fraction of sp³-hybridized carbons (Fsp3) is 1.00. The van der Waals surface area contributed by atoms with Gasteiger partial charge in [-0.3, -0.25) is 0 Å². The van der Waals surface area contributed by atoms with E-state index in [9.17, 15) is 0 Å². The molecule has 60 valence electrons. The summed E-state index contributed by atoms with van der Waals surface area (Å²) < 4.78 is 4.77. The van der Waals surface area contributed by atoms with Crippen molar-refractivity contribution < 1.29 is 9.84 Å². The maximum atomic E-state index is 8.76. The fourth-order valence-corrected chi connectivity index (χ4v) is 0.946. The lowest BCUT2D eigenvalue weighted by molar-refractivity contribution is 0.155. The van der Waals surface area contributed by atoms with Gasteiger partial charge in [-0.05, 0) is 19.4 Å². The lowest BCUT2D eigenvalue weighted by Crippen LogP contribution is -2.28. The average molecular weight is 146 g/mol. The van der Waals surface area contributed by atoms with Crippen LogP contribution in [0.15, 0.2) is 0 Å². The summed E-state index contributed by atoms with van der Waals surface area (Å²) in [7, 11) is 0. The number of aliphatic hydroxyl groups excluding tert-OH is 1. The van der Waals surface area contributed by atoms with Crippen molar-refractivity contribution >= 4 is 0 Å². The summed E-state index contributed by atoms with van der Waals surface area (Å²) >= 11 is 0. The molecule has 0 aromatic heterocycles. The molecule has 0 saturated carbocycles. The minimum atomic E-state index is -0.618. The molecule has 1 aliphatic heterocycles. The lowest BCUT2D eigenvalue weighted by Gasteiger charge is -2.04. The molecule has 1 fully saturated rings. The van der Waals surface area contributed by atoms with Crippen LogP contribution in [0.4, 0.5) is 0 Å². The summed E-state index contributed by atoms with van der Waals surface area (Å²) in [4.78, 5) is 0. The van der Waals surface area contributed by atoms with E-state index in [-0.39, 0.29) is 12.1 Å². The molecule has 0 aromatic rings. The summed E-state index contributed by atoms with van der Waals surface area (Å²) in [5.41, 5.74) is 10.9. The molecule has 0 radical (unpaired) electrons. The van der Waals surface area contributed by atoms with E-state index in [2.05, 4.69) is 0 Å². The predicted molar refractivity (Wildman–Crippen MR) is 37.1 cm³/mol. The third-order valence-corrected chi connectivity index (χ3v) is 1.66. The molecule has 3 atom stereocenters. The Balaban J connectivity index is 2.04. The molecule has 0 aromatic carbocycles. The van der Waals surface area contributed by atoms with Gasteiger partial charge in [-0.25, -0.2) is 0 Å². The van der Waals surface area contributed by atoms with Crippen molar-refractivity contribution in [2.24, 2.45) is 11.5 Å². The Hall–Kier alpha value is -0.160. The third-order valence-electron chi connectivity index (χ3n) is 1.66. The number of epoxide rings is 1. The maximum absolute atomic E-state index is 8.76. The van der Waals surface area contributed by atoms with Crippen molar-refractivity contribution in [2.75, 3.05) is 6.54 Å². The van der Waals surface area contributed by atoms with E-state index in [4.69, 9.17) is 21.3 Å². The molecule has 0 spiro atoms. The molecule has 0 aliphatic carbocycles. The van der Waals surface area contributed by atoms with E-state index >= 15 is 0 Å². The molecule has 3 unspecified atom stereocenters. The van der Waals surface area contributed by atoms with Gasteiger partial charge in [-0.1, -0.05) is 0 Å². The first-order valence-electron chi connectivity index (χ1n) is 3.55. The van der Waals surface area contributed by atoms with Gasteiger partial charge in [0.1, 0.15) is 6.10 Å². The predicted octanol–water partition coefficient (Wildman–Crippen LogP) is -1.23. The first-order chi connectivity index (χ1) is 4.75. The van der Waals surface area contributed by atoms with E-state index in [1.165, 1.54) is 0 Å². The number of nitrogens with two attached hydrogens (primary N) is 2. The van der Waals surface area contributed by atoms with Crippen LogP contribution in [-0.4, -0.2) is 30.1 Å². The SMILES string of the molecule is NCCCC(N)C1OC1O. The summed E-state index contributed by atoms with van der Waals surface area (Å²) in [6, 6.07) is -0.0430. The van der Waals surface area contributed by atoms with Crippen LogP contribution < -0.4 is 11.5 Å². The van der Waals surface area contributed by atoms with Crippen molar-refractivity contribution in [2.45, 2.75) is 31.3 Å². The number of rotatable bonds is 4. The maximum Gasteiger partial charge on any atom is 0.183 e. The normalized spacial score (nSPS) is 33.9. The van der Waals surface area contributed by atoms with Crippen LogP contribution in [-0.2, 0) is 4.74 Å². The second kappa shape index (κ2) is 3.30. The Labute approximate surface area is 60.1 Å². The molecule has 1 saturated heterocycles. The highest BCUT2D eigenvalue weighted by molar-refractivity contribution is 4.85. The Morgan fingerprint density at radius 2 is 2.20 bits per heavy atom. The van der Waals surface area contributed by atoms with E-state index in [0.29, 0.717) is 6.54 Å². The summed E-state index contributed by atoms with van der Waals surface area (Å²) in [6.45, 7) is 0.649. The van der Waals surface area contributed by atoms with Crippen molar-refractivity contribution in [3.8, 4) is 0 Å². The first-order valence-corrected chi connectivity index (χ1v) is 3.55. The van der Waals surface area contributed by atoms with Crippen molar-refractivity contribution in [1.29, 1.82) is 0 Å². The van der Waals surface area contributed by atoms with E-state index < -0.39 is 6.29 Å². The molecule has 0 bridgehead atoms. The van der Waals surface area contributed by atoms with Crippen LogP contribution >= 0.6 is 0 Å². The topological polar surface area (TPSA) is 84.8 Å². The Kier molecular flexibility index (Phi) is 2.62. The standard InChI is InChI=1S/C6H14N2O2/c7-3-1-2-4(8)5-6(9)10-5/h4-6,9H,1-3,7-8H2. The van der Waals surface area contributed by atoms with E-state index in [1.54, 1.807) is 0 Å². The first kappa shape index (κ1) is 7.94. The van der Waals surface area contributed by atoms with Gasteiger partial charge in [0, 0.05) is 6.04 Å². The molecule has 1 rings (SSSR count). The third kappa shape index (κ3) is 1.91. The van der Waals surface area contributed by atoms with Crippen molar-refractivity contribution in [3.63, 3.8) is 0 Å². The minimum Gasteiger partial charge on any atom is -0.366 e. The Morgan fingerprint density at radius 1 is 1.60 bits per heavy atom. The monoisotopic (exact) mass is 146 g/mol. The fourth-order valence-electron chi connectivity index (χ4n) is 0.946. The van der Waals surface area contributed by atoms with Crippen molar-refractivity contribution in [1.82, 2.24) is 0 Å². The van der Waals surface area contributed by atoms with E-state index in [1.807, 2.05) is 0 Å². The lowest BCUT2D eigenvalue weighted by atomic mass is 10.1. The van der Waals surface area contributed by atoms with Gasteiger partial charge in [0.15, 0.2) is 6.29 Å². The molecular weight excluding hydrogens is 132 g/mol. The molecule has 1 aliphatic rings. The molecule has 5 N–H and O–H groups in total. The van der Waals surface area contributed by atoms with Crippen molar-refractivity contribution in [3.05, 3.63) is 0 Å². The molecule has 4 nitrogen and oxygen atoms in total. The zero-order valence-electron chi connectivity index (χ0n) is 5.86. The zero-order chi connectivity index (χ0) is 7.56. The van der Waals surface area contributed by atoms with Gasteiger partial charge in [-0.15, -0.1) is 0 Å². The Morgan fingerprint density at radius 3 is 2.60 bits per heavy atom. The molecule has 4 heteroatoms. The summed E-state index contributed by atoms with van der Waals surface area (Å²) in [5.74, 6) is 0. The molecular formula is C6H14N2O2. The second-order valence-electron chi connectivity index (χ2n) is 2.59. The second-order valence-corrected chi connectivity index (χ2v) is 2.59. The number of aliphatic hydroxyl groups is 1. The number of hydrogen-bond donors (Lipinski definition) is 3. The van der Waals surface area contributed by atoms with Crippen LogP contribution in [0.5, 0.6) is 0 Å². The van der Waals surface area contributed by atoms with Gasteiger partial charge in [0.25, 0.3) is 0 Å². The highest BCUT2D eigenvalue weighted by atomic mass is 16.7. The molecule has 1 heterocycles. The molecule has 0 amide bonds. The highest BCUT2D eigenvalue weighted by Gasteiger charge is 2.41. The smallest absolute Gasteiger partial charge is 0.183 e. The van der Waals surface area contributed by atoms with Gasteiger partial charge in [0.05, 0.1) is 0 Å².